The second-order valence-electron chi connectivity index (χ2n) is 5.72. The highest BCUT2D eigenvalue weighted by molar-refractivity contribution is 5.90. The van der Waals surface area contributed by atoms with Crippen molar-refractivity contribution in [3.63, 3.8) is 0 Å². The molecule has 0 aliphatic carbocycles. The predicted molar refractivity (Wildman–Crippen MR) is 85.4 cm³/mol. The van der Waals surface area contributed by atoms with E-state index in [0.717, 1.165) is 36.5 Å². The zero-order valence-electron chi connectivity index (χ0n) is 12.5. The van der Waals surface area contributed by atoms with Crippen molar-refractivity contribution in [3.05, 3.63) is 36.9 Å². The Morgan fingerprint density at radius 3 is 2.73 bits per heavy atom. The van der Waals surface area contributed by atoms with Crippen LogP contribution in [0.2, 0.25) is 0 Å². The average Bonchev–Trinajstić information content (AvgIpc) is 3.09. The minimum Gasteiger partial charge on any atom is -0.444 e. The largest absolute Gasteiger partial charge is 0.444 e. The van der Waals surface area contributed by atoms with Crippen molar-refractivity contribution in [2.45, 2.75) is 25.7 Å². The summed E-state index contributed by atoms with van der Waals surface area (Å²) in [5.74, 6) is 1.50. The minimum atomic E-state index is 0.0888. The van der Waals surface area contributed by atoms with Crippen LogP contribution in [0, 0.1) is 5.92 Å². The number of oxazole rings is 1. The molecule has 2 heterocycles. The average molecular weight is 299 g/mol. The van der Waals surface area contributed by atoms with Crippen molar-refractivity contribution in [1.29, 1.82) is 0 Å². The molecule has 3 rings (SSSR count). The molecular weight excluding hydrogens is 278 g/mol. The van der Waals surface area contributed by atoms with Gasteiger partial charge < -0.3 is 15.1 Å². The molecule has 1 amide bonds. The van der Waals surface area contributed by atoms with Gasteiger partial charge in [-0.15, -0.1) is 0 Å². The van der Waals surface area contributed by atoms with E-state index >= 15 is 0 Å². The van der Waals surface area contributed by atoms with Crippen molar-refractivity contribution in [2.24, 2.45) is 5.92 Å². The molecule has 2 N–H and O–H groups in total. The van der Waals surface area contributed by atoms with Crippen LogP contribution in [0.4, 0.5) is 5.69 Å². The highest BCUT2D eigenvalue weighted by Gasteiger charge is 2.14. The van der Waals surface area contributed by atoms with Gasteiger partial charge in [-0.1, -0.05) is 0 Å². The first-order chi connectivity index (χ1) is 10.8. The third-order valence-corrected chi connectivity index (χ3v) is 4.12. The van der Waals surface area contributed by atoms with Crippen LogP contribution in [0.5, 0.6) is 0 Å². The summed E-state index contributed by atoms with van der Waals surface area (Å²) in [6.45, 7) is 2.16. The van der Waals surface area contributed by atoms with E-state index in [0.29, 0.717) is 12.3 Å². The summed E-state index contributed by atoms with van der Waals surface area (Å²) < 4.78 is 5.24. The summed E-state index contributed by atoms with van der Waals surface area (Å²) in [7, 11) is 0. The molecule has 1 aliphatic rings. The number of hydrogen-bond acceptors (Lipinski definition) is 4. The van der Waals surface area contributed by atoms with Gasteiger partial charge >= 0.3 is 0 Å². The molecule has 1 aromatic heterocycles. The lowest BCUT2D eigenvalue weighted by molar-refractivity contribution is -0.116. The van der Waals surface area contributed by atoms with Crippen LogP contribution in [-0.2, 0) is 4.79 Å². The van der Waals surface area contributed by atoms with Crippen LogP contribution in [0.15, 0.2) is 41.3 Å². The summed E-state index contributed by atoms with van der Waals surface area (Å²) in [6, 6.07) is 7.62. The first-order valence-corrected chi connectivity index (χ1v) is 7.81. The number of hydrogen-bond donors (Lipinski definition) is 2. The maximum atomic E-state index is 12.0. The fraction of sp³-hybridized carbons (Fsp3) is 0.412. The molecule has 0 bridgehead atoms. The Kier molecular flexibility index (Phi) is 4.85. The molecule has 0 unspecified atom stereocenters. The van der Waals surface area contributed by atoms with Crippen LogP contribution in [0.3, 0.4) is 0 Å². The van der Waals surface area contributed by atoms with Crippen molar-refractivity contribution in [1.82, 2.24) is 10.3 Å². The Labute approximate surface area is 130 Å². The molecule has 0 radical (unpaired) electrons. The Morgan fingerprint density at radius 2 is 2.05 bits per heavy atom. The third-order valence-electron chi connectivity index (χ3n) is 4.12. The van der Waals surface area contributed by atoms with Gasteiger partial charge in [0, 0.05) is 17.7 Å². The van der Waals surface area contributed by atoms with E-state index in [1.54, 1.807) is 6.20 Å². The van der Waals surface area contributed by atoms with E-state index in [9.17, 15) is 4.79 Å². The smallest absolute Gasteiger partial charge is 0.224 e. The molecular formula is C17H21N3O2. The fourth-order valence-electron chi connectivity index (χ4n) is 2.81. The van der Waals surface area contributed by atoms with Gasteiger partial charge in [0.15, 0.2) is 12.2 Å². The second kappa shape index (κ2) is 7.22. The summed E-state index contributed by atoms with van der Waals surface area (Å²) in [4.78, 5) is 15.9. The number of benzene rings is 1. The van der Waals surface area contributed by atoms with Gasteiger partial charge in [0.25, 0.3) is 0 Å². The minimum absolute atomic E-state index is 0.0888. The first kappa shape index (κ1) is 14.8. The number of aromatic nitrogens is 1. The lowest BCUT2D eigenvalue weighted by Gasteiger charge is -2.22. The Bertz CT molecular complexity index is 587. The van der Waals surface area contributed by atoms with Gasteiger partial charge in [0.2, 0.25) is 5.91 Å². The van der Waals surface area contributed by atoms with Gasteiger partial charge in [0.05, 0.1) is 6.20 Å². The van der Waals surface area contributed by atoms with E-state index < -0.39 is 0 Å². The van der Waals surface area contributed by atoms with Gasteiger partial charge in [0.1, 0.15) is 0 Å². The number of nitrogens with zero attached hydrogens (tertiary/aromatic N) is 1. The number of nitrogens with one attached hydrogen (secondary N) is 2. The molecule has 1 aliphatic heterocycles. The van der Waals surface area contributed by atoms with Crippen molar-refractivity contribution in [2.75, 3.05) is 18.4 Å². The van der Waals surface area contributed by atoms with Gasteiger partial charge in [-0.3, -0.25) is 4.79 Å². The highest BCUT2D eigenvalue weighted by Crippen LogP contribution is 2.21. The quantitative estimate of drug-likeness (QED) is 0.890. The van der Waals surface area contributed by atoms with E-state index in [-0.39, 0.29) is 5.91 Å². The maximum absolute atomic E-state index is 12.0. The van der Waals surface area contributed by atoms with Crippen molar-refractivity contribution in [3.8, 4) is 11.3 Å². The van der Waals surface area contributed by atoms with E-state index in [2.05, 4.69) is 15.6 Å². The summed E-state index contributed by atoms with van der Waals surface area (Å²) >= 11 is 0. The topological polar surface area (TPSA) is 67.2 Å². The molecule has 116 valence electrons. The van der Waals surface area contributed by atoms with Crippen LogP contribution >= 0.6 is 0 Å². The maximum Gasteiger partial charge on any atom is 0.224 e. The van der Waals surface area contributed by atoms with E-state index in [1.165, 1.54) is 19.2 Å². The Balaban J connectivity index is 1.48. The van der Waals surface area contributed by atoms with Crippen molar-refractivity contribution < 1.29 is 9.21 Å². The number of piperidine rings is 1. The highest BCUT2D eigenvalue weighted by atomic mass is 16.3. The van der Waals surface area contributed by atoms with Crippen LogP contribution < -0.4 is 10.6 Å². The van der Waals surface area contributed by atoms with Crippen LogP contribution in [-0.4, -0.2) is 24.0 Å². The zero-order chi connectivity index (χ0) is 15.2. The zero-order valence-corrected chi connectivity index (χ0v) is 12.5. The molecule has 22 heavy (non-hydrogen) atoms. The lowest BCUT2D eigenvalue weighted by Crippen LogP contribution is -2.28. The normalized spacial score (nSPS) is 15.6. The number of anilines is 1. The van der Waals surface area contributed by atoms with Gasteiger partial charge in [-0.25, -0.2) is 4.98 Å². The molecule has 0 atom stereocenters. The number of amides is 1. The monoisotopic (exact) mass is 299 g/mol. The second-order valence-corrected chi connectivity index (χ2v) is 5.72. The van der Waals surface area contributed by atoms with Crippen LogP contribution in [0.25, 0.3) is 11.3 Å². The number of rotatable bonds is 5. The van der Waals surface area contributed by atoms with Gasteiger partial charge in [-0.2, -0.15) is 0 Å². The number of carbonyl (C=O) groups is 1. The SMILES string of the molecule is O=C(CCC1CCNCC1)Nc1ccc(-c2cnco2)cc1. The Hall–Kier alpha value is -2.14. The van der Waals surface area contributed by atoms with E-state index in [4.69, 9.17) is 4.42 Å². The molecule has 5 nitrogen and oxygen atoms in total. The van der Waals surface area contributed by atoms with Crippen LogP contribution in [0.1, 0.15) is 25.7 Å². The molecule has 1 aromatic carbocycles. The predicted octanol–water partition coefficient (Wildman–Crippen LogP) is 3.06. The summed E-state index contributed by atoms with van der Waals surface area (Å²) in [6.07, 6.45) is 7.01. The molecule has 2 aromatic rings. The molecule has 1 fully saturated rings. The molecule has 5 heteroatoms. The van der Waals surface area contributed by atoms with Crippen molar-refractivity contribution >= 4 is 11.6 Å². The summed E-state index contributed by atoms with van der Waals surface area (Å²) in [5, 5.41) is 6.30. The number of carbonyl (C=O) groups excluding carboxylic acids is 1. The molecule has 0 saturated carbocycles. The third kappa shape index (κ3) is 3.95. The standard InChI is InChI=1S/C17H21N3O2/c21-17(6-1-13-7-9-18-10-8-13)20-15-4-2-14(3-5-15)16-11-19-12-22-16/h2-5,11-13,18H,1,6-10H2,(H,20,21). The lowest BCUT2D eigenvalue weighted by atomic mass is 9.93. The fourth-order valence-corrected chi connectivity index (χ4v) is 2.81. The first-order valence-electron chi connectivity index (χ1n) is 7.81. The summed E-state index contributed by atoms with van der Waals surface area (Å²) in [5.41, 5.74) is 1.77. The van der Waals surface area contributed by atoms with Gasteiger partial charge in [-0.05, 0) is 62.5 Å². The molecule has 0 spiro atoms. The Morgan fingerprint density at radius 1 is 1.27 bits per heavy atom. The van der Waals surface area contributed by atoms with E-state index in [1.807, 2.05) is 24.3 Å². The molecule has 1 saturated heterocycles.